The third kappa shape index (κ3) is 2.34. The van der Waals surface area contributed by atoms with E-state index in [-0.39, 0.29) is 22.1 Å². The van der Waals surface area contributed by atoms with Crippen LogP contribution in [0.1, 0.15) is 16.7 Å². The number of nitrogens with zero attached hydrogens (tertiary/aromatic N) is 1. The van der Waals surface area contributed by atoms with Crippen molar-refractivity contribution in [1.82, 2.24) is 0 Å². The number of nitro groups is 1. The van der Waals surface area contributed by atoms with Gasteiger partial charge in [-0.25, -0.2) is 0 Å². The highest BCUT2D eigenvalue weighted by molar-refractivity contribution is 9.08. The molecular weight excluding hydrogens is 291 g/mol. The van der Waals surface area contributed by atoms with Crippen LogP contribution in [0, 0.1) is 17.0 Å². The summed E-state index contributed by atoms with van der Waals surface area (Å²) >= 11 is 2.96. The minimum Gasteiger partial charge on any atom is -0.258 e. The van der Waals surface area contributed by atoms with Crippen LogP contribution in [0.15, 0.2) is 12.1 Å². The molecule has 0 saturated carbocycles. The molecule has 88 valence electrons. The molecular formula is C9H7BrF3NO2. The highest BCUT2D eigenvalue weighted by Crippen LogP contribution is 2.36. The molecule has 0 heterocycles. The largest absolute Gasteiger partial charge is 0.416 e. The SMILES string of the molecule is Cc1c(C(F)(F)F)ccc([N+](=O)[O-])c1CBr. The van der Waals surface area contributed by atoms with Crippen molar-refractivity contribution in [3.8, 4) is 0 Å². The predicted octanol–water partition coefficient (Wildman–Crippen LogP) is 3.82. The summed E-state index contributed by atoms with van der Waals surface area (Å²) in [5.74, 6) is 0. The van der Waals surface area contributed by atoms with Crippen LogP contribution in [0.5, 0.6) is 0 Å². The van der Waals surface area contributed by atoms with E-state index < -0.39 is 16.7 Å². The van der Waals surface area contributed by atoms with Crippen molar-refractivity contribution in [2.24, 2.45) is 0 Å². The monoisotopic (exact) mass is 297 g/mol. The fourth-order valence-corrected chi connectivity index (χ4v) is 2.10. The average Bonchev–Trinajstić information content (AvgIpc) is 2.14. The van der Waals surface area contributed by atoms with Gasteiger partial charge in [-0.3, -0.25) is 10.1 Å². The molecule has 0 aliphatic carbocycles. The van der Waals surface area contributed by atoms with Gasteiger partial charge in [-0.15, -0.1) is 0 Å². The standard InChI is InChI=1S/C9H7BrF3NO2/c1-5-6(4-10)8(14(15)16)3-2-7(5)9(11,12)13/h2-3H,4H2,1H3. The maximum absolute atomic E-state index is 12.5. The average molecular weight is 298 g/mol. The summed E-state index contributed by atoms with van der Waals surface area (Å²) < 4.78 is 37.5. The summed E-state index contributed by atoms with van der Waals surface area (Å²) in [6, 6.07) is 1.62. The number of benzene rings is 1. The van der Waals surface area contributed by atoms with Crippen LogP contribution in [-0.4, -0.2) is 4.92 Å². The zero-order valence-corrected chi connectivity index (χ0v) is 9.72. The van der Waals surface area contributed by atoms with Crippen LogP contribution in [-0.2, 0) is 11.5 Å². The maximum atomic E-state index is 12.5. The molecule has 0 aliphatic heterocycles. The van der Waals surface area contributed by atoms with E-state index >= 15 is 0 Å². The first-order valence-electron chi connectivity index (χ1n) is 4.19. The Hall–Kier alpha value is -1.11. The molecule has 0 aliphatic rings. The van der Waals surface area contributed by atoms with Crippen molar-refractivity contribution in [1.29, 1.82) is 0 Å². The van der Waals surface area contributed by atoms with E-state index in [1.807, 2.05) is 0 Å². The number of hydrogen-bond donors (Lipinski definition) is 0. The summed E-state index contributed by atoms with van der Waals surface area (Å²) in [4.78, 5) is 9.91. The molecule has 16 heavy (non-hydrogen) atoms. The first-order chi connectivity index (χ1) is 7.29. The minimum atomic E-state index is -4.49. The van der Waals surface area contributed by atoms with Crippen LogP contribution in [0.25, 0.3) is 0 Å². The second-order valence-electron chi connectivity index (χ2n) is 3.12. The van der Waals surface area contributed by atoms with Gasteiger partial charge in [-0.05, 0) is 18.6 Å². The van der Waals surface area contributed by atoms with Crippen LogP contribution in [0.4, 0.5) is 18.9 Å². The smallest absolute Gasteiger partial charge is 0.258 e. The fourth-order valence-electron chi connectivity index (χ4n) is 1.39. The van der Waals surface area contributed by atoms with Gasteiger partial charge in [0.2, 0.25) is 0 Å². The van der Waals surface area contributed by atoms with E-state index in [0.29, 0.717) is 0 Å². The van der Waals surface area contributed by atoms with Crippen LogP contribution < -0.4 is 0 Å². The first kappa shape index (κ1) is 13.0. The molecule has 0 N–H and O–H groups in total. The Bertz CT molecular complexity index is 431. The van der Waals surface area contributed by atoms with Crippen LogP contribution in [0.2, 0.25) is 0 Å². The van der Waals surface area contributed by atoms with Crippen LogP contribution >= 0.6 is 15.9 Å². The number of alkyl halides is 4. The summed E-state index contributed by atoms with van der Waals surface area (Å²) in [6.45, 7) is 1.23. The van der Waals surface area contributed by atoms with Gasteiger partial charge in [0.15, 0.2) is 0 Å². The number of halogens is 4. The van der Waals surface area contributed by atoms with Crippen molar-refractivity contribution in [2.75, 3.05) is 0 Å². The van der Waals surface area contributed by atoms with Gasteiger partial charge in [0.05, 0.1) is 10.5 Å². The Morgan fingerprint density at radius 3 is 2.38 bits per heavy atom. The lowest BCUT2D eigenvalue weighted by molar-refractivity contribution is -0.385. The Morgan fingerprint density at radius 1 is 1.44 bits per heavy atom. The topological polar surface area (TPSA) is 43.1 Å². The van der Waals surface area contributed by atoms with Gasteiger partial charge in [0.1, 0.15) is 0 Å². The molecule has 0 aromatic heterocycles. The Labute approximate surface area is 97.5 Å². The molecule has 1 aromatic carbocycles. The normalized spacial score (nSPS) is 11.6. The lowest BCUT2D eigenvalue weighted by Crippen LogP contribution is -2.10. The highest BCUT2D eigenvalue weighted by Gasteiger charge is 2.34. The molecule has 0 amide bonds. The van der Waals surface area contributed by atoms with Gasteiger partial charge in [0, 0.05) is 17.0 Å². The van der Waals surface area contributed by atoms with Crippen molar-refractivity contribution < 1.29 is 18.1 Å². The van der Waals surface area contributed by atoms with Crippen molar-refractivity contribution in [2.45, 2.75) is 18.4 Å². The van der Waals surface area contributed by atoms with E-state index in [1.165, 1.54) is 6.92 Å². The molecule has 0 unspecified atom stereocenters. The fraction of sp³-hybridized carbons (Fsp3) is 0.333. The van der Waals surface area contributed by atoms with Crippen molar-refractivity contribution in [3.63, 3.8) is 0 Å². The third-order valence-electron chi connectivity index (χ3n) is 2.21. The zero-order valence-electron chi connectivity index (χ0n) is 8.14. The van der Waals surface area contributed by atoms with E-state index in [9.17, 15) is 23.3 Å². The maximum Gasteiger partial charge on any atom is 0.416 e. The van der Waals surface area contributed by atoms with Crippen molar-refractivity contribution in [3.05, 3.63) is 38.9 Å². The molecule has 1 aromatic rings. The molecule has 0 fully saturated rings. The Morgan fingerprint density at radius 2 is 2.00 bits per heavy atom. The minimum absolute atomic E-state index is 0.0130. The van der Waals surface area contributed by atoms with Crippen LogP contribution in [0.3, 0.4) is 0 Å². The molecule has 7 heteroatoms. The molecule has 0 saturated heterocycles. The molecule has 1 rings (SSSR count). The van der Waals surface area contributed by atoms with E-state index in [0.717, 1.165) is 12.1 Å². The van der Waals surface area contributed by atoms with Gasteiger partial charge in [-0.2, -0.15) is 13.2 Å². The van der Waals surface area contributed by atoms with Crippen molar-refractivity contribution >= 4 is 21.6 Å². The zero-order chi connectivity index (χ0) is 12.5. The third-order valence-corrected chi connectivity index (χ3v) is 2.77. The Balaban J connectivity index is 3.46. The predicted molar refractivity (Wildman–Crippen MR) is 55.5 cm³/mol. The first-order valence-corrected chi connectivity index (χ1v) is 5.31. The molecule has 0 spiro atoms. The molecule has 0 atom stereocenters. The van der Waals surface area contributed by atoms with E-state index in [4.69, 9.17) is 0 Å². The summed E-state index contributed by atoms with van der Waals surface area (Å²) in [5.41, 5.74) is -1.20. The Kier molecular flexibility index (Phi) is 3.57. The van der Waals surface area contributed by atoms with E-state index in [2.05, 4.69) is 15.9 Å². The molecule has 3 nitrogen and oxygen atoms in total. The lowest BCUT2D eigenvalue weighted by Gasteiger charge is -2.12. The highest BCUT2D eigenvalue weighted by atomic mass is 79.9. The second-order valence-corrected chi connectivity index (χ2v) is 3.69. The number of rotatable bonds is 2. The number of nitro benzene ring substituents is 1. The lowest BCUT2D eigenvalue weighted by atomic mass is 10.0. The van der Waals surface area contributed by atoms with Gasteiger partial charge < -0.3 is 0 Å². The summed E-state index contributed by atoms with van der Waals surface area (Å²) in [6.07, 6.45) is -4.49. The quantitative estimate of drug-likeness (QED) is 0.473. The van der Waals surface area contributed by atoms with Gasteiger partial charge in [0.25, 0.3) is 5.69 Å². The van der Waals surface area contributed by atoms with Gasteiger partial charge in [-0.1, -0.05) is 15.9 Å². The van der Waals surface area contributed by atoms with E-state index in [1.54, 1.807) is 0 Å². The second kappa shape index (κ2) is 4.40. The van der Waals surface area contributed by atoms with Gasteiger partial charge >= 0.3 is 6.18 Å². The molecule has 0 bridgehead atoms. The summed E-state index contributed by atoms with van der Waals surface area (Å²) in [5, 5.41) is 10.6. The summed E-state index contributed by atoms with van der Waals surface area (Å²) in [7, 11) is 0. The molecule has 0 radical (unpaired) electrons. The number of hydrogen-bond acceptors (Lipinski definition) is 2.